The van der Waals surface area contributed by atoms with E-state index in [0.29, 0.717) is 24.5 Å². The number of alkyl halides is 3. The molecule has 0 spiro atoms. The summed E-state index contributed by atoms with van der Waals surface area (Å²) in [7, 11) is -4.33. The summed E-state index contributed by atoms with van der Waals surface area (Å²) >= 11 is 0. The lowest BCUT2D eigenvalue weighted by Crippen LogP contribution is -2.40. The molecule has 1 aromatic carbocycles. The molecule has 1 saturated heterocycles. The number of anilines is 2. The van der Waals surface area contributed by atoms with Crippen LogP contribution in [0.1, 0.15) is 30.9 Å². The van der Waals surface area contributed by atoms with Gasteiger partial charge >= 0.3 is 12.1 Å². The molecule has 12 heteroatoms. The third-order valence-electron chi connectivity index (χ3n) is 6.74. The van der Waals surface area contributed by atoms with Crippen molar-refractivity contribution < 1.29 is 31.5 Å². The molecule has 3 aromatic rings. The number of aliphatic carboxylic acids is 1. The molecule has 39 heavy (non-hydrogen) atoms. The first-order valence-electron chi connectivity index (χ1n) is 12.2. The quantitative estimate of drug-likeness (QED) is 0.372. The Labute approximate surface area is 224 Å². The van der Waals surface area contributed by atoms with Gasteiger partial charge in [0.1, 0.15) is 11.6 Å². The van der Waals surface area contributed by atoms with Crippen LogP contribution in [-0.2, 0) is 21.0 Å². The predicted molar refractivity (Wildman–Crippen MR) is 142 cm³/mol. The molecular formula is C27H27F3N4O4S. The van der Waals surface area contributed by atoms with Crippen LogP contribution in [0.25, 0.3) is 17.3 Å². The number of sulfonamides is 1. The van der Waals surface area contributed by atoms with E-state index in [2.05, 4.69) is 21.3 Å². The number of pyridine rings is 2. The lowest BCUT2D eigenvalue weighted by Gasteiger charge is -2.35. The van der Waals surface area contributed by atoms with Crippen LogP contribution in [0.4, 0.5) is 24.8 Å². The normalized spacial score (nSPS) is 16.9. The SMILES string of the molecule is C=Cc1ccccc1-c1nc(NS(=O)(=O)c2cccc(N3CCCC(C(C)C(=O)O)C3)n2)ccc1C(F)(F)F. The van der Waals surface area contributed by atoms with Crippen molar-refractivity contribution in [1.29, 1.82) is 0 Å². The highest BCUT2D eigenvalue weighted by atomic mass is 32.2. The summed E-state index contributed by atoms with van der Waals surface area (Å²) in [5.41, 5.74) is -0.903. The molecule has 1 fully saturated rings. The Balaban J connectivity index is 1.65. The van der Waals surface area contributed by atoms with Gasteiger partial charge in [-0.1, -0.05) is 49.9 Å². The number of halogens is 3. The molecule has 206 valence electrons. The maximum atomic E-state index is 13.8. The molecule has 2 N–H and O–H groups in total. The van der Waals surface area contributed by atoms with Crippen LogP contribution in [0.3, 0.4) is 0 Å². The van der Waals surface area contributed by atoms with Gasteiger partial charge in [-0.05, 0) is 48.6 Å². The van der Waals surface area contributed by atoms with Gasteiger partial charge in [0.25, 0.3) is 10.0 Å². The zero-order valence-corrected chi connectivity index (χ0v) is 21.8. The number of carboxylic acids is 1. The third-order valence-corrected chi connectivity index (χ3v) is 7.99. The van der Waals surface area contributed by atoms with E-state index in [0.717, 1.165) is 25.0 Å². The van der Waals surface area contributed by atoms with E-state index in [1.54, 1.807) is 31.2 Å². The molecule has 0 bridgehead atoms. The number of benzene rings is 1. The molecule has 0 saturated carbocycles. The van der Waals surface area contributed by atoms with Crippen LogP contribution in [-0.4, -0.2) is 42.6 Å². The van der Waals surface area contributed by atoms with Gasteiger partial charge in [-0.25, -0.2) is 9.97 Å². The molecule has 2 unspecified atom stereocenters. The van der Waals surface area contributed by atoms with Gasteiger partial charge in [-0.15, -0.1) is 0 Å². The molecule has 2 atom stereocenters. The first kappa shape index (κ1) is 28.1. The van der Waals surface area contributed by atoms with Crippen molar-refractivity contribution >= 4 is 33.7 Å². The number of hydrogen-bond acceptors (Lipinski definition) is 6. The minimum absolute atomic E-state index is 0.121. The maximum absolute atomic E-state index is 13.8. The number of rotatable bonds is 8. The second kappa shape index (κ2) is 11.0. The van der Waals surface area contributed by atoms with E-state index < -0.39 is 39.3 Å². The molecule has 4 rings (SSSR count). The van der Waals surface area contributed by atoms with Gasteiger partial charge in [0.15, 0.2) is 5.03 Å². The van der Waals surface area contributed by atoms with Gasteiger partial charge in [0.05, 0.1) is 17.2 Å². The monoisotopic (exact) mass is 560 g/mol. The molecule has 3 heterocycles. The Morgan fingerprint density at radius 2 is 1.90 bits per heavy atom. The molecule has 1 aliphatic rings. The van der Waals surface area contributed by atoms with Crippen molar-refractivity contribution in [3.63, 3.8) is 0 Å². The van der Waals surface area contributed by atoms with Gasteiger partial charge < -0.3 is 10.0 Å². The average Bonchev–Trinajstić information content (AvgIpc) is 2.91. The van der Waals surface area contributed by atoms with Crippen LogP contribution in [0.5, 0.6) is 0 Å². The summed E-state index contributed by atoms with van der Waals surface area (Å²) in [4.78, 5) is 21.6. The van der Waals surface area contributed by atoms with Gasteiger partial charge in [0, 0.05) is 18.7 Å². The second-order valence-electron chi connectivity index (χ2n) is 9.30. The van der Waals surface area contributed by atoms with Gasteiger partial charge in [0.2, 0.25) is 0 Å². The highest BCUT2D eigenvalue weighted by Gasteiger charge is 2.35. The summed E-state index contributed by atoms with van der Waals surface area (Å²) in [6.07, 6.45) is -1.87. The number of carbonyl (C=O) groups is 1. The number of carboxylic acid groups (broad SMARTS) is 1. The summed E-state index contributed by atoms with van der Waals surface area (Å²) in [6.45, 7) is 6.27. The van der Waals surface area contributed by atoms with Crippen LogP contribution in [0.15, 0.2) is 66.2 Å². The largest absolute Gasteiger partial charge is 0.481 e. The summed E-state index contributed by atoms with van der Waals surface area (Å²) in [5, 5.41) is 9.03. The van der Waals surface area contributed by atoms with E-state index in [1.807, 2.05) is 4.90 Å². The topological polar surface area (TPSA) is 112 Å². The van der Waals surface area contributed by atoms with Crippen LogP contribution < -0.4 is 9.62 Å². The van der Waals surface area contributed by atoms with E-state index in [4.69, 9.17) is 0 Å². The Morgan fingerprint density at radius 3 is 2.59 bits per heavy atom. The number of nitrogens with zero attached hydrogens (tertiary/aromatic N) is 3. The van der Waals surface area contributed by atoms with Crippen molar-refractivity contribution in [3.05, 3.63) is 72.3 Å². The highest BCUT2D eigenvalue weighted by Crippen LogP contribution is 2.38. The first-order valence-corrected chi connectivity index (χ1v) is 13.7. The molecule has 8 nitrogen and oxygen atoms in total. The van der Waals surface area contributed by atoms with Crippen LogP contribution >= 0.6 is 0 Å². The molecule has 0 radical (unpaired) electrons. The zero-order valence-electron chi connectivity index (χ0n) is 21.0. The number of aromatic nitrogens is 2. The lowest BCUT2D eigenvalue weighted by molar-refractivity contribution is -0.143. The fourth-order valence-corrected chi connectivity index (χ4v) is 5.55. The number of nitrogens with one attached hydrogen (secondary N) is 1. The van der Waals surface area contributed by atoms with Crippen molar-refractivity contribution in [2.45, 2.75) is 31.0 Å². The molecule has 0 aliphatic carbocycles. The van der Waals surface area contributed by atoms with Gasteiger partial charge in [-0.3, -0.25) is 9.52 Å². The Hall–Kier alpha value is -3.93. The molecule has 1 aliphatic heterocycles. The number of piperidine rings is 1. The van der Waals surface area contributed by atoms with E-state index in [9.17, 15) is 31.5 Å². The van der Waals surface area contributed by atoms with Crippen molar-refractivity contribution in [2.75, 3.05) is 22.7 Å². The minimum atomic E-state index is -4.73. The van der Waals surface area contributed by atoms with Crippen molar-refractivity contribution in [1.82, 2.24) is 9.97 Å². The summed E-state index contributed by atoms with van der Waals surface area (Å²) in [6, 6.07) is 12.4. The average molecular weight is 561 g/mol. The summed E-state index contributed by atoms with van der Waals surface area (Å²) < 4.78 is 70.0. The molecular weight excluding hydrogens is 533 g/mol. The first-order chi connectivity index (χ1) is 18.4. The standard InChI is InChI=1S/C27H27F3N4O4S/c1-3-18-8-4-5-10-20(18)25-21(27(28,29)30)13-14-22(31-25)33-39(37,38)24-12-6-11-23(32-24)34-15-7-9-19(16-34)17(2)26(35)36/h3-6,8,10-14,17,19H,1,7,9,15-16H2,2H3,(H,31,33)(H,35,36). The van der Waals surface area contributed by atoms with Crippen LogP contribution in [0, 0.1) is 11.8 Å². The van der Waals surface area contributed by atoms with Crippen molar-refractivity contribution in [3.8, 4) is 11.3 Å². The van der Waals surface area contributed by atoms with Gasteiger partial charge in [-0.2, -0.15) is 21.6 Å². The fraction of sp³-hybridized carbons (Fsp3) is 0.296. The lowest BCUT2D eigenvalue weighted by atomic mass is 9.86. The molecule has 2 aromatic heterocycles. The van der Waals surface area contributed by atoms with E-state index >= 15 is 0 Å². The zero-order chi connectivity index (χ0) is 28.4. The second-order valence-corrected chi connectivity index (χ2v) is 10.9. The van der Waals surface area contributed by atoms with E-state index in [1.165, 1.54) is 24.3 Å². The van der Waals surface area contributed by atoms with E-state index in [-0.39, 0.29) is 22.3 Å². The number of hydrogen-bond donors (Lipinski definition) is 2. The third kappa shape index (κ3) is 6.22. The fourth-order valence-electron chi connectivity index (χ4n) is 4.59. The molecule has 0 amide bonds. The Kier molecular flexibility index (Phi) is 7.96. The Bertz CT molecular complexity index is 1490. The minimum Gasteiger partial charge on any atom is -0.481 e. The smallest absolute Gasteiger partial charge is 0.418 e. The van der Waals surface area contributed by atoms with Crippen molar-refractivity contribution in [2.24, 2.45) is 11.8 Å². The highest BCUT2D eigenvalue weighted by molar-refractivity contribution is 7.92. The predicted octanol–water partition coefficient (Wildman–Crippen LogP) is 5.54. The Morgan fingerprint density at radius 1 is 1.15 bits per heavy atom. The van der Waals surface area contributed by atoms with Crippen LogP contribution in [0.2, 0.25) is 0 Å². The maximum Gasteiger partial charge on any atom is 0.418 e. The summed E-state index contributed by atoms with van der Waals surface area (Å²) in [5.74, 6) is -1.52.